The van der Waals surface area contributed by atoms with Gasteiger partial charge >= 0.3 is 0 Å². The Hall–Kier alpha value is -1.65. The number of furan rings is 1. The van der Waals surface area contributed by atoms with Crippen molar-refractivity contribution in [3.05, 3.63) is 59.3 Å². The monoisotopic (exact) mass is 290 g/mol. The fourth-order valence-corrected chi connectivity index (χ4v) is 2.28. The molecule has 0 aliphatic heterocycles. The van der Waals surface area contributed by atoms with Gasteiger partial charge in [0, 0.05) is 18.7 Å². The van der Waals surface area contributed by atoms with E-state index in [0.717, 1.165) is 36.4 Å². The molecular formula is C17H23FN2O. The van der Waals surface area contributed by atoms with Crippen LogP contribution < -0.4 is 5.32 Å². The molecule has 0 amide bonds. The second kappa shape index (κ2) is 7.96. The van der Waals surface area contributed by atoms with Crippen LogP contribution in [-0.4, -0.2) is 18.5 Å². The molecule has 2 aromatic rings. The normalized spacial score (nSPS) is 11.2. The molecule has 4 heteroatoms. The largest absolute Gasteiger partial charge is 0.468 e. The average molecular weight is 290 g/mol. The second-order valence-electron chi connectivity index (χ2n) is 5.40. The van der Waals surface area contributed by atoms with Crippen molar-refractivity contribution in [2.24, 2.45) is 0 Å². The van der Waals surface area contributed by atoms with Gasteiger partial charge in [-0.15, -0.1) is 0 Å². The zero-order chi connectivity index (χ0) is 15.1. The first-order valence-corrected chi connectivity index (χ1v) is 7.37. The first-order valence-electron chi connectivity index (χ1n) is 7.37. The molecule has 0 aliphatic carbocycles. The molecule has 0 saturated heterocycles. The summed E-state index contributed by atoms with van der Waals surface area (Å²) in [6.07, 6.45) is 2.93. The minimum absolute atomic E-state index is 0.191. The molecule has 0 saturated carbocycles. The van der Waals surface area contributed by atoms with Crippen molar-refractivity contribution >= 4 is 0 Å². The molecule has 0 bridgehead atoms. The molecule has 3 nitrogen and oxygen atoms in total. The van der Waals surface area contributed by atoms with E-state index in [4.69, 9.17) is 4.42 Å². The number of hydrogen-bond acceptors (Lipinski definition) is 3. The quantitative estimate of drug-likeness (QED) is 0.754. The lowest BCUT2D eigenvalue weighted by Crippen LogP contribution is -2.17. The standard InChI is InChI=1S/C17H23FN2O/c1-3-7-19-10-15-9-17(21-13-15)12-20(2)11-14-5-4-6-16(18)8-14/h4-6,8-9,13,19H,3,7,10-12H2,1-2H3. The summed E-state index contributed by atoms with van der Waals surface area (Å²) in [5, 5.41) is 3.35. The van der Waals surface area contributed by atoms with Crippen LogP contribution in [0, 0.1) is 5.82 Å². The Morgan fingerprint density at radius 2 is 2.05 bits per heavy atom. The lowest BCUT2D eigenvalue weighted by molar-refractivity contribution is 0.287. The Balaban J connectivity index is 1.83. The van der Waals surface area contributed by atoms with E-state index in [2.05, 4.69) is 23.2 Å². The number of halogens is 1. The first-order chi connectivity index (χ1) is 10.2. The van der Waals surface area contributed by atoms with E-state index in [0.29, 0.717) is 13.1 Å². The van der Waals surface area contributed by atoms with Crippen molar-refractivity contribution in [2.75, 3.05) is 13.6 Å². The van der Waals surface area contributed by atoms with Gasteiger partial charge in [-0.05, 0) is 43.8 Å². The molecule has 0 fully saturated rings. The summed E-state index contributed by atoms with van der Waals surface area (Å²) >= 11 is 0. The maximum absolute atomic E-state index is 13.2. The fraction of sp³-hybridized carbons (Fsp3) is 0.412. The third-order valence-corrected chi connectivity index (χ3v) is 3.23. The summed E-state index contributed by atoms with van der Waals surface area (Å²) in [5.41, 5.74) is 2.13. The molecule has 114 valence electrons. The van der Waals surface area contributed by atoms with Crippen LogP contribution >= 0.6 is 0 Å². The molecule has 1 heterocycles. The van der Waals surface area contributed by atoms with E-state index in [1.54, 1.807) is 18.4 Å². The van der Waals surface area contributed by atoms with Crippen molar-refractivity contribution in [3.8, 4) is 0 Å². The number of nitrogens with one attached hydrogen (secondary N) is 1. The van der Waals surface area contributed by atoms with Crippen LogP contribution in [0.2, 0.25) is 0 Å². The number of nitrogens with zero attached hydrogens (tertiary/aromatic N) is 1. The van der Waals surface area contributed by atoms with Crippen molar-refractivity contribution in [1.29, 1.82) is 0 Å². The number of benzene rings is 1. The second-order valence-corrected chi connectivity index (χ2v) is 5.40. The summed E-state index contributed by atoms with van der Waals surface area (Å²) in [6, 6.07) is 8.78. The predicted octanol–water partition coefficient (Wildman–Crippen LogP) is 3.55. The maximum atomic E-state index is 13.2. The SMILES string of the molecule is CCCNCc1coc(CN(C)Cc2cccc(F)c2)c1. The van der Waals surface area contributed by atoms with Gasteiger partial charge in [-0.1, -0.05) is 19.1 Å². The first kappa shape index (κ1) is 15.7. The Morgan fingerprint density at radius 3 is 2.81 bits per heavy atom. The van der Waals surface area contributed by atoms with Gasteiger partial charge in [-0.2, -0.15) is 0 Å². The molecule has 0 radical (unpaired) electrons. The Morgan fingerprint density at radius 1 is 1.19 bits per heavy atom. The van der Waals surface area contributed by atoms with Gasteiger partial charge in [0.2, 0.25) is 0 Å². The highest BCUT2D eigenvalue weighted by Crippen LogP contribution is 2.12. The Labute approximate surface area is 125 Å². The van der Waals surface area contributed by atoms with Crippen LogP contribution in [0.15, 0.2) is 41.0 Å². The molecule has 1 aromatic heterocycles. The minimum atomic E-state index is -0.191. The van der Waals surface area contributed by atoms with E-state index < -0.39 is 0 Å². The summed E-state index contributed by atoms with van der Waals surface area (Å²) in [5.74, 6) is 0.741. The summed E-state index contributed by atoms with van der Waals surface area (Å²) in [4.78, 5) is 2.11. The van der Waals surface area contributed by atoms with E-state index >= 15 is 0 Å². The molecule has 0 unspecified atom stereocenters. The molecule has 0 atom stereocenters. The number of hydrogen-bond donors (Lipinski definition) is 1. The summed E-state index contributed by atoms with van der Waals surface area (Å²) in [6.45, 7) is 5.41. The van der Waals surface area contributed by atoms with Crippen LogP contribution in [0.5, 0.6) is 0 Å². The van der Waals surface area contributed by atoms with Crippen molar-refractivity contribution in [1.82, 2.24) is 10.2 Å². The van der Waals surface area contributed by atoms with Crippen molar-refractivity contribution in [3.63, 3.8) is 0 Å². The predicted molar refractivity (Wildman–Crippen MR) is 82.3 cm³/mol. The highest BCUT2D eigenvalue weighted by Gasteiger charge is 2.07. The zero-order valence-corrected chi connectivity index (χ0v) is 12.7. The van der Waals surface area contributed by atoms with Gasteiger partial charge in [0.1, 0.15) is 11.6 Å². The third-order valence-electron chi connectivity index (χ3n) is 3.23. The van der Waals surface area contributed by atoms with Crippen LogP contribution in [0.3, 0.4) is 0 Å². The van der Waals surface area contributed by atoms with E-state index in [-0.39, 0.29) is 5.82 Å². The maximum Gasteiger partial charge on any atom is 0.123 e. The molecule has 1 aromatic carbocycles. The van der Waals surface area contributed by atoms with Crippen LogP contribution in [0.25, 0.3) is 0 Å². The van der Waals surface area contributed by atoms with E-state index in [1.165, 1.54) is 6.07 Å². The third kappa shape index (κ3) is 5.33. The average Bonchev–Trinajstić information content (AvgIpc) is 2.86. The van der Waals surface area contributed by atoms with Crippen LogP contribution in [0.1, 0.15) is 30.2 Å². The van der Waals surface area contributed by atoms with Gasteiger partial charge in [-0.3, -0.25) is 4.90 Å². The van der Waals surface area contributed by atoms with Crippen LogP contribution in [0.4, 0.5) is 4.39 Å². The van der Waals surface area contributed by atoms with Crippen molar-refractivity contribution < 1.29 is 8.81 Å². The highest BCUT2D eigenvalue weighted by atomic mass is 19.1. The Bertz CT molecular complexity index is 553. The molecule has 1 N–H and O–H groups in total. The van der Waals surface area contributed by atoms with E-state index in [9.17, 15) is 4.39 Å². The van der Waals surface area contributed by atoms with Crippen molar-refractivity contribution in [2.45, 2.75) is 33.0 Å². The van der Waals surface area contributed by atoms with Gasteiger partial charge in [0.25, 0.3) is 0 Å². The fourth-order valence-electron chi connectivity index (χ4n) is 2.28. The van der Waals surface area contributed by atoms with Gasteiger partial charge in [-0.25, -0.2) is 4.39 Å². The molecule has 0 aliphatic rings. The van der Waals surface area contributed by atoms with E-state index in [1.807, 2.05) is 13.1 Å². The lowest BCUT2D eigenvalue weighted by atomic mass is 10.2. The number of rotatable bonds is 8. The molecular weight excluding hydrogens is 267 g/mol. The smallest absolute Gasteiger partial charge is 0.123 e. The van der Waals surface area contributed by atoms with Gasteiger partial charge in [0.05, 0.1) is 12.8 Å². The summed E-state index contributed by atoms with van der Waals surface area (Å²) < 4.78 is 18.7. The lowest BCUT2D eigenvalue weighted by Gasteiger charge is -2.15. The highest BCUT2D eigenvalue weighted by molar-refractivity contribution is 5.17. The topological polar surface area (TPSA) is 28.4 Å². The van der Waals surface area contributed by atoms with Gasteiger partial charge < -0.3 is 9.73 Å². The minimum Gasteiger partial charge on any atom is -0.468 e. The zero-order valence-electron chi connectivity index (χ0n) is 12.7. The van der Waals surface area contributed by atoms with Crippen LogP contribution in [-0.2, 0) is 19.6 Å². The summed E-state index contributed by atoms with van der Waals surface area (Å²) in [7, 11) is 2.00. The molecule has 2 rings (SSSR count). The molecule has 0 spiro atoms. The van der Waals surface area contributed by atoms with Gasteiger partial charge in [0.15, 0.2) is 0 Å². The Kier molecular flexibility index (Phi) is 5.96. The molecule has 21 heavy (non-hydrogen) atoms.